The summed E-state index contributed by atoms with van der Waals surface area (Å²) in [6.45, 7) is 6.56. The van der Waals surface area contributed by atoms with Gasteiger partial charge in [0.05, 0.1) is 0 Å². The van der Waals surface area contributed by atoms with Crippen LogP contribution >= 0.6 is 0 Å². The topological polar surface area (TPSA) is 0 Å². The van der Waals surface area contributed by atoms with E-state index < -0.39 is 0 Å². The van der Waals surface area contributed by atoms with Crippen molar-refractivity contribution in [2.24, 2.45) is 0 Å². The first-order valence-corrected chi connectivity index (χ1v) is 8.61. The minimum absolute atomic E-state index is 1.00. The van der Waals surface area contributed by atoms with Crippen molar-refractivity contribution < 1.29 is 0 Å². The Kier molecular flexibility index (Phi) is 4.96. The third-order valence-corrected chi connectivity index (χ3v) is 4.39. The summed E-state index contributed by atoms with van der Waals surface area (Å²) in [5.74, 6) is 0. The molecule has 0 bridgehead atoms. The van der Waals surface area contributed by atoms with E-state index in [9.17, 15) is 0 Å². The average Bonchev–Trinajstić information content (AvgIpc) is 2.60. The molecular formula is C24H24. The van der Waals surface area contributed by atoms with Gasteiger partial charge in [0.15, 0.2) is 0 Å². The van der Waals surface area contributed by atoms with Gasteiger partial charge in [-0.15, -0.1) is 0 Å². The molecule has 0 saturated carbocycles. The lowest BCUT2D eigenvalue weighted by molar-refractivity contribution is 1.23. The summed E-state index contributed by atoms with van der Waals surface area (Å²) in [7, 11) is 0. The van der Waals surface area contributed by atoms with E-state index in [-0.39, 0.29) is 0 Å². The smallest absolute Gasteiger partial charge is 0.00734 e. The van der Waals surface area contributed by atoms with Gasteiger partial charge in [0.25, 0.3) is 0 Å². The van der Waals surface area contributed by atoms with Crippen LogP contribution in [0.4, 0.5) is 0 Å². The second-order valence-electron chi connectivity index (χ2n) is 6.31. The summed E-state index contributed by atoms with van der Waals surface area (Å²) in [6.07, 6.45) is 1.00. The number of rotatable bonds is 4. The molecule has 0 aliphatic rings. The summed E-state index contributed by atoms with van der Waals surface area (Å²) in [5.41, 5.74) is 9.22. The predicted octanol–water partition coefficient (Wildman–Crippen LogP) is 6.67. The zero-order valence-corrected chi connectivity index (χ0v) is 14.7. The van der Waals surface area contributed by atoms with E-state index in [1.807, 2.05) is 0 Å². The standard InChI is InChI=1S/C24H24/c1-4-23(21-14-8-10-18(2)16-21)24(20-12-6-5-7-13-20)22-15-9-11-19(3)17-22/h5-17H,4H2,1-3H3/b24-23-. The summed E-state index contributed by atoms with van der Waals surface area (Å²) < 4.78 is 0. The largest absolute Gasteiger partial charge is 0.0622 e. The minimum atomic E-state index is 1.00. The monoisotopic (exact) mass is 312 g/mol. The van der Waals surface area contributed by atoms with Crippen molar-refractivity contribution >= 4 is 11.1 Å². The molecule has 120 valence electrons. The molecule has 0 spiro atoms. The molecule has 0 fully saturated rings. The fourth-order valence-corrected chi connectivity index (χ4v) is 3.28. The molecule has 0 radical (unpaired) electrons. The van der Waals surface area contributed by atoms with E-state index in [2.05, 4.69) is 99.6 Å². The Morgan fingerprint density at radius 2 is 1.17 bits per heavy atom. The van der Waals surface area contributed by atoms with E-state index in [4.69, 9.17) is 0 Å². The van der Waals surface area contributed by atoms with Gasteiger partial charge < -0.3 is 0 Å². The van der Waals surface area contributed by atoms with Crippen LogP contribution < -0.4 is 0 Å². The molecule has 3 aromatic carbocycles. The molecule has 24 heavy (non-hydrogen) atoms. The molecule has 0 aromatic heterocycles. The van der Waals surface area contributed by atoms with Crippen molar-refractivity contribution in [1.82, 2.24) is 0 Å². The zero-order chi connectivity index (χ0) is 16.9. The van der Waals surface area contributed by atoms with Crippen LogP contribution in [-0.4, -0.2) is 0 Å². The summed E-state index contributed by atoms with van der Waals surface area (Å²) in [4.78, 5) is 0. The maximum absolute atomic E-state index is 2.29. The number of hydrogen-bond donors (Lipinski definition) is 0. The molecular weight excluding hydrogens is 288 g/mol. The first kappa shape index (κ1) is 16.3. The zero-order valence-electron chi connectivity index (χ0n) is 14.7. The SMILES string of the molecule is CC/C(=C(\c1ccccc1)c1cccc(C)c1)c1cccc(C)c1. The van der Waals surface area contributed by atoms with Crippen LogP contribution in [0.5, 0.6) is 0 Å². The molecule has 0 aliphatic carbocycles. The highest BCUT2D eigenvalue weighted by molar-refractivity contribution is 5.98. The molecule has 0 saturated heterocycles. The van der Waals surface area contributed by atoms with Crippen molar-refractivity contribution in [3.05, 3.63) is 107 Å². The molecule has 0 N–H and O–H groups in total. The van der Waals surface area contributed by atoms with Crippen molar-refractivity contribution in [3.8, 4) is 0 Å². The molecule has 0 amide bonds. The predicted molar refractivity (Wildman–Crippen MR) is 105 cm³/mol. The van der Waals surface area contributed by atoms with Gasteiger partial charge in [-0.3, -0.25) is 0 Å². The first-order chi connectivity index (χ1) is 11.7. The highest BCUT2D eigenvalue weighted by Crippen LogP contribution is 2.34. The van der Waals surface area contributed by atoms with Crippen molar-refractivity contribution in [1.29, 1.82) is 0 Å². The van der Waals surface area contributed by atoms with Crippen LogP contribution in [-0.2, 0) is 0 Å². The van der Waals surface area contributed by atoms with Gasteiger partial charge in [-0.2, -0.15) is 0 Å². The van der Waals surface area contributed by atoms with E-state index in [0.717, 1.165) is 6.42 Å². The third kappa shape index (κ3) is 3.49. The lowest BCUT2D eigenvalue weighted by atomic mass is 9.87. The summed E-state index contributed by atoms with van der Waals surface area (Å²) in [5, 5.41) is 0. The molecule has 3 aromatic rings. The number of aryl methyl sites for hydroxylation is 2. The Morgan fingerprint density at radius 1 is 0.625 bits per heavy atom. The highest BCUT2D eigenvalue weighted by atomic mass is 14.2. The maximum Gasteiger partial charge on any atom is -0.00734 e. The quantitative estimate of drug-likeness (QED) is 0.472. The van der Waals surface area contributed by atoms with E-state index in [0.29, 0.717) is 0 Å². The Hall–Kier alpha value is -2.60. The Bertz CT molecular complexity index is 854. The van der Waals surface area contributed by atoms with Gasteiger partial charge in [0, 0.05) is 0 Å². The normalized spacial score (nSPS) is 12.0. The summed E-state index contributed by atoms with van der Waals surface area (Å²) >= 11 is 0. The lowest BCUT2D eigenvalue weighted by Crippen LogP contribution is -1.95. The van der Waals surface area contributed by atoms with Gasteiger partial charge in [-0.25, -0.2) is 0 Å². The van der Waals surface area contributed by atoms with Gasteiger partial charge in [-0.05, 0) is 48.1 Å². The highest BCUT2D eigenvalue weighted by Gasteiger charge is 2.13. The van der Waals surface area contributed by atoms with Crippen LogP contribution in [0, 0.1) is 13.8 Å². The molecule has 0 unspecified atom stereocenters. The van der Waals surface area contributed by atoms with Crippen LogP contribution in [0.25, 0.3) is 11.1 Å². The Morgan fingerprint density at radius 3 is 1.75 bits per heavy atom. The fourth-order valence-electron chi connectivity index (χ4n) is 3.28. The summed E-state index contributed by atoms with van der Waals surface area (Å²) in [6, 6.07) is 28.4. The second-order valence-corrected chi connectivity index (χ2v) is 6.31. The van der Waals surface area contributed by atoms with Crippen LogP contribution in [0.2, 0.25) is 0 Å². The molecule has 0 heterocycles. The van der Waals surface area contributed by atoms with Gasteiger partial charge >= 0.3 is 0 Å². The third-order valence-electron chi connectivity index (χ3n) is 4.39. The molecule has 0 heteroatoms. The molecule has 0 nitrogen and oxygen atoms in total. The number of hydrogen-bond acceptors (Lipinski definition) is 0. The van der Waals surface area contributed by atoms with Crippen LogP contribution in [0.3, 0.4) is 0 Å². The van der Waals surface area contributed by atoms with E-state index in [1.54, 1.807) is 0 Å². The minimum Gasteiger partial charge on any atom is -0.0622 e. The fraction of sp³-hybridized carbons (Fsp3) is 0.167. The van der Waals surface area contributed by atoms with Crippen LogP contribution in [0.1, 0.15) is 41.2 Å². The van der Waals surface area contributed by atoms with E-state index in [1.165, 1.54) is 39.0 Å². The molecule has 0 aliphatic heterocycles. The van der Waals surface area contributed by atoms with Crippen molar-refractivity contribution in [3.63, 3.8) is 0 Å². The number of allylic oxidation sites excluding steroid dienone is 1. The van der Waals surface area contributed by atoms with Gasteiger partial charge in [-0.1, -0.05) is 96.9 Å². The number of benzene rings is 3. The first-order valence-electron chi connectivity index (χ1n) is 8.61. The average molecular weight is 312 g/mol. The lowest BCUT2D eigenvalue weighted by Gasteiger charge is -2.17. The van der Waals surface area contributed by atoms with Crippen molar-refractivity contribution in [2.75, 3.05) is 0 Å². The van der Waals surface area contributed by atoms with Gasteiger partial charge in [0.1, 0.15) is 0 Å². The van der Waals surface area contributed by atoms with Gasteiger partial charge in [0.2, 0.25) is 0 Å². The van der Waals surface area contributed by atoms with E-state index >= 15 is 0 Å². The second kappa shape index (κ2) is 7.31. The maximum atomic E-state index is 2.29. The van der Waals surface area contributed by atoms with Crippen molar-refractivity contribution in [2.45, 2.75) is 27.2 Å². The Balaban J connectivity index is 2.30. The molecule has 0 atom stereocenters. The van der Waals surface area contributed by atoms with Crippen LogP contribution in [0.15, 0.2) is 78.9 Å². The Labute approximate surface area is 145 Å². The molecule has 3 rings (SSSR count).